The maximum absolute atomic E-state index is 12.1. The molecule has 0 saturated carbocycles. The van der Waals surface area contributed by atoms with Crippen LogP contribution in [0, 0.1) is 0 Å². The Kier molecular flexibility index (Phi) is 6.47. The summed E-state index contributed by atoms with van der Waals surface area (Å²) < 4.78 is 0. The Morgan fingerprint density at radius 1 is 1.33 bits per heavy atom. The van der Waals surface area contributed by atoms with Gasteiger partial charge in [0.2, 0.25) is 0 Å². The van der Waals surface area contributed by atoms with Crippen molar-refractivity contribution in [3.63, 3.8) is 0 Å². The minimum atomic E-state index is -0.0865. The van der Waals surface area contributed by atoms with Crippen LogP contribution in [0.25, 0.3) is 0 Å². The lowest BCUT2D eigenvalue weighted by molar-refractivity contribution is 0.0947. The summed E-state index contributed by atoms with van der Waals surface area (Å²) >= 11 is 0. The second-order valence-corrected chi connectivity index (χ2v) is 5.51. The summed E-state index contributed by atoms with van der Waals surface area (Å²) in [4.78, 5) is 18.7. The van der Waals surface area contributed by atoms with Crippen molar-refractivity contribution in [2.24, 2.45) is 0 Å². The molecule has 1 aromatic rings. The lowest BCUT2D eigenvalue weighted by Gasteiger charge is -2.14. The Balaban J connectivity index is 1.71. The van der Waals surface area contributed by atoms with Gasteiger partial charge in [0, 0.05) is 25.0 Å². The van der Waals surface area contributed by atoms with E-state index < -0.39 is 0 Å². The smallest absolute Gasteiger partial charge is 0.269 e. The molecule has 0 bridgehead atoms. The normalized spacial score (nSPS) is 15.1. The minimum absolute atomic E-state index is 0.0865. The fourth-order valence-electron chi connectivity index (χ4n) is 2.54. The molecule has 1 amide bonds. The van der Waals surface area contributed by atoms with Crippen molar-refractivity contribution in [1.29, 1.82) is 0 Å². The summed E-state index contributed by atoms with van der Waals surface area (Å²) in [5.74, 6) is -0.0865. The highest BCUT2D eigenvalue weighted by Gasteiger charge is 2.11. The number of amides is 1. The lowest BCUT2D eigenvalue weighted by atomic mass is 10.3. The molecule has 0 aromatic carbocycles. The molecule has 0 atom stereocenters. The van der Waals surface area contributed by atoms with E-state index in [-0.39, 0.29) is 5.91 Å². The number of hydrogen-bond donors (Lipinski definition) is 2. The number of pyridine rings is 1. The Hall–Kier alpha value is -1.62. The minimum Gasteiger partial charge on any atom is -0.385 e. The maximum atomic E-state index is 12.1. The van der Waals surface area contributed by atoms with E-state index in [9.17, 15) is 4.79 Å². The van der Waals surface area contributed by atoms with E-state index in [1.54, 1.807) is 6.20 Å². The van der Waals surface area contributed by atoms with E-state index in [0.717, 1.165) is 31.6 Å². The monoisotopic (exact) mass is 290 g/mol. The molecule has 2 rings (SSSR count). The van der Waals surface area contributed by atoms with Gasteiger partial charge in [-0.3, -0.25) is 9.78 Å². The molecule has 1 aliphatic heterocycles. The fourth-order valence-corrected chi connectivity index (χ4v) is 2.54. The Morgan fingerprint density at radius 3 is 2.90 bits per heavy atom. The molecule has 1 aromatic heterocycles. The van der Waals surface area contributed by atoms with Crippen LogP contribution in [0.5, 0.6) is 0 Å². The summed E-state index contributed by atoms with van der Waals surface area (Å²) in [6.45, 7) is 7.22. The van der Waals surface area contributed by atoms with Gasteiger partial charge >= 0.3 is 0 Å². The van der Waals surface area contributed by atoms with Gasteiger partial charge in [0.15, 0.2) is 0 Å². The topological polar surface area (TPSA) is 57.3 Å². The van der Waals surface area contributed by atoms with Crippen molar-refractivity contribution in [3.8, 4) is 0 Å². The van der Waals surface area contributed by atoms with E-state index in [4.69, 9.17) is 0 Å². The molecule has 2 N–H and O–H groups in total. The fraction of sp³-hybridized carbons (Fsp3) is 0.625. The molecule has 0 unspecified atom stereocenters. The Morgan fingerprint density at radius 2 is 2.14 bits per heavy atom. The predicted octanol–water partition coefficient (Wildman–Crippen LogP) is 2.12. The van der Waals surface area contributed by atoms with Crippen LogP contribution < -0.4 is 10.6 Å². The first-order valence-electron chi connectivity index (χ1n) is 8.00. The first-order valence-corrected chi connectivity index (χ1v) is 8.00. The summed E-state index contributed by atoms with van der Waals surface area (Å²) in [6.07, 6.45) is 6.36. The van der Waals surface area contributed by atoms with Crippen LogP contribution in [0.15, 0.2) is 18.3 Å². The summed E-state index contributed by atoms with van der Waals surface area (Å²) in [5.41, 5.74) is 1.44. The molecule has 1 aliphatic rings. The van der Waals surface area contributed by atoms with Gasteiger partial charge < -0.3 is 15.5 Å². The molecule has 116 valence electrons. The molecule has 21 heavy (non-hydrogen) atoms. The first-order chi connectivity index (χ1) is 10.3. The highest BCUT2D eigenvalue weighted by atomic mass is 16.1. The van der Waals surface area contributed by atoms with Gasteiger partial charge in [-0.25, -0.2) is 0 Å². The molecular weight excluding hydrogens is 264 g/mol. The van der Waals surface area contributed by atoms with E-state index in [1.807, 2.05) is 12.1 Å². The zero-order chi connectivity index (χ0) is 14.9. The number of anilines is 1. The van der Waals surface area contributed by atoms with Gasteiger partial charge in [-0.2, -0.15) is 0 Å². The molecule has 0 radical (unpaired) electrons. The summed E-state index contributed by atoms with van der Waals surface area (Å²) in [7, 11) is 0. The number of nitrogens with zero attached hydrogens (tertiary/aromatic N) is 2. The van der Waals surface area contributed by atoms with Gasteiger partial charge in [0.25, 0.3) is 5.91 Å². The SMILES string of the molecule is CCCNc1ccnc(C(=O)NCCCN2CCCC2)c1. The van der Waals surface area contributed by atoms with Crippen molar-refractivity contribution in [1.82, 2.24) is 15.2 Å². The Bertz CT molecular complexity index is 444. The highest BCUT2D eigenvalue weighted by Crippen LogP contribution is 2.08. The van der Waals surface area contributed by atoms with Crippen molar-refractivity contribution >= 4 is 11.6 Å². The number of likely N-dealkylation sites (tertiary alicyclic amines) is 1. The van der Waals surface area contributed by atoms with E-state index in [0.29, 0.717) is 12.2 Å². The van der Waals surface area contributed by atoms with E-state index in [2.05, 4.69) is 27.4 Å². The molecule has 2 heterocycles. The number of carbonyl (C=O) groups is 1. The van der Waals surface area contributed by atoms with Crippen LogP contribution >= 0.6 is 0 Å². The molecule has 1 saturated heterocycles. The molecule has 5 nitrogen and oxygen atoms in total. The van der Waals surface area contributed by atoms with Crippen LogP contribution in [0.2, 0.25) is 0 Å². The quantitative estimate of drug-likeness (QED) is 0.720. The molecular formula is C16H26N4O. The van der Waals surface area contributed by atoms with Gasteiger partial charge in [-0.15, -0.1) is 0 Å². The molecule has 1 fully saturated rings. The number of rotatable bonds is 8. The largest absolute Gasteiger partial charge is 0.385 e. The van der Waals surface area contributed by atoms with Crippen molar-refractivity contribution in [2.45, 2.75) is 32.6 Å². The third kappa shape index (κ3) is 5.34. The summed E-state index contributed by atoms with van der Waals surface area (Å²) in [6, 6.07) is 3.70. The van der Waals surface area contributed by atoms with Crippen LogP contribution in [0.1, 0.15) is 43.1 Å². The van der Waals surface area contributed by atoms with Crippen LogP contribution in [0.3, 0.4) is 0 Å². The maximum Gasteiger partial charge on any atom is 0.269 e. The van der Waals surface area contributed by atoms with Gasteiger partial charge in [0.1, 0.15) is 5.69 Å². The standard InChI is InChI=1S/C16H26N4O/c1-2-7-17-14-6-9-18-15(13-14)16(21)19-8-5-12-20-10-3-4-11-20/h6,9,13H,2-5,7-8,10-12H2,1H3,(H,17,18)(H,19,21). The molecule has 0 aliphatic carbocycles. The number of hydrogen-bond acceptors (Lipinski definition) is 4. The highest BCUT2D eigenvalue weighted by molar-refractivity contribution is 5.93. The summed E-state index contributed by atoms with van der Waals surface area (Å²) in [5, 5.41) is 6.22. The van der Waals surface area contributed by atoms with Crippen molar-refractivity contribution < 1.29 is 4.79 Å². The molecule has 0 spiro atoms. The lowest BCUT2D eigenvalue weighted by Crippen LogP contribution is -2.29. The van der Waals surface area contributed by atoms with Gasteiger partial charge in [-0.1, -0.05) is 6.92 Å². The number of aromatic nitrogens is 1. The van der Waals surface area contributed by atoms with Crippen LogP contribution in [-0.2, 0) is 0 Å². The van der Waals surface area contributed by atoms with E-state index >= 15 is 0 Å². The van der Waals surface area contributed by atoms with Crippen molar-refractivity contribution in [2.75, 3.05) is 38.0 Å². The number of nitrogens with one attached hydrogen (secondary N) is 2. The second kappa shape index (κ2) is 8.62. The average molecular weight is 290 g/mol. The zero-order valence-electron chi connectivity index (χ0n) is 12.9. The molecule has 5 heteroatoms. The predicted molar refractivity (Wildman–Crippen MR) is 85.6 cm³/mol. The Labute approximate surface area is 127 Å². The zero-order valence-corrected chi connectivity index (χ0v) is 12.9. The van der Waals surface area contributed by atoms with Crippen LogP contribution in [0.4, 0.5) is 5.69 Å². The second-order valence-electron chi connectivity index (χ2n) is 5.51. The van der Waals surface area contributed by atoms with Crippen LogP contribution in [-0.4, -0.2) is 48.5 Å². The van der Waals surface area contributed by atoms with E-state index in [1.165, 1.54) is 25.9 Å². The third-order valence-electron chi connectivity index (χ3n) is 3.71. The average Bonchev–Trinajstić information content (AvgIpc) is 3.03. The van der Waals surface area contributed by atoms with Gasteiger partial charge in [-0.05, 0) is 57.5 Å². The third-order valence-corrected chi connectivity index (χ3v) is 3.71. The number of carbonyl (C=O) groups excluding carboxylic acids is 1. The van der Waals surface area contributed by atoms with Gasteiger partial charge in [0.05, 0.1) is 0 Å². The van der Waals surface area contributed by atoms with Crippen molar-refractivity contribution in [3.05, 3.63) is 24.0 Å². The first kappa shape index (κ1) is 15.8.